The number of carbonyl (C=O) groups is 1. The first kappa shape index (κ1) is 18.1. The quantitative estimate of drug-likeness (QED) is 0.682. The fraction of sp³-hybridized carbons (Fsp3) is 0.200. The minimum Gasteiger partial charge on any atom is -0.319 e. The lowest BCUT2D eigenvalue weighted by Crippen LogP contribution is -2.44. The molecule has 3 rings (SSSR count). The van der Waals surface area contributed by atoms with Crippen LogP contribution in [0.1, 0.15) is 28.0 Å². The summed E-state index contributed by atoms with van der Waals surface area (Å²) in [6.45, 7) is 4.11. The highest BCUT2D eigenvalue weighted by atomic mass is 16.2. The van der Waals surface area contributed by atoms with Crippen molar-refractivity contribution in [2.24, 2.45) is 0 Å². The van der Waals surface area contributed by atoms with Crippen molar-refractivity contribution < 1.29 is 9.48 Å². The average molecular weight is 362 g/mol. The molecule has 2 aromatic carbocycles. The van der Waals surface area contributed by atoms with Crippen molar-refractivity contribution in [2.75, 3.05) is 5.32 Å². The smallest absolute Gasteiger partial charge is 0.319 e. The summed E-state index contributed by atoms with van der Waals surface area (Å²) in [5, 5.41) is 14.5. The number of nitriles is 1. The molecule has 0 aliphatic rings. The number of amides is 1. The summed E-state index contributed by atoms with van der Waals surface area (Å²) in [4.78, 5) is 25.6. The van der Waals surface area contributed by atoms with Crippen molar-refractivity contribution >= 4 is 11.6 Å². The molecule has 3 aromatic rings. The highest BCUT2D eigenvalue weighted by Gasteiger charge is 2.29. The monoisotopic (exact) mass is 362 g/mol. The average Bonchev–Trinajstić information content (AvgIpc) is 2.99. The van der Waals surface area contributed by atoms with Gasteiger partial charge in [0.05, 0.1) is 12.5 Å². The molecule has 0 fully saturated rings. The van der Waals surface area contributed by atoms with Gasteiger partial charge in [-0.25, -0.2) is 4.79 Å². The number of aromatic nitrogens is 3. The van der Waals surface area contributed by atoms with Gasteiger partial charge in [0.25, 0.3) is 0 Å². The fourth-order valence-corrected chi connectivity index (χ4v) is 2.68. The maximum atomic E-state index is 12.9. The number of hydrogen-bond acceptors (Lipinski definition) is 3. The zero-order chi connectivity index (χ0) is 19.4. The highest BCUT2D eigenvalue weighted by Crippen LogP contribution is 2.10. The van der Waals surface area contributed by atoms with Crippen molar-refractivity contribution in [3.05, 3.63) is 75.7 Å². The van der Waals surface area contributed by atoms with Gasteiger partial charge in [0.1, 0.15) is 6.54 Å². The predicted molar refractivity (Wildman–Crippen MR) is 101 cm³/mol. The molecule has 1 aromatic heterocycles. The fourth-order valence-electron chi connectivity index (χ4n) is 2.68. The van der Waals surface area contributed by atoms with Gasteiger partial charge in [-0.05, 0) is 38.1 Å². The number of nitrogens with one attached hydrogen (secondary N) is 2. The standard InChI is InChI=1S/C20H19N5O2/c1-14-4-8-16(9-5-14)22-19(26)18-20(27)25(23-24(18)13-3-12-21)17-10-6-15(2)7-11-17/h4-11H,3,13H2,1-2H3,(H-,22,23,26,27)/p+1. The molecule has 136 valence electrons. The molecule has 1 heterocycles. The summed E-state index contributed by atoms with van der Waals surface area (Å²) in [6, 6.07) is 16.7. The van der Waals surface area contributed by atoms with Crippen LogP contribution in [-0.2, 0) is 6.54 Å². The molecule has 0 spiro atoms. The minimum atomic E-state index is -0.524. The SMILES string of the molecule is Cc1ccc(NC(=O)c2c(=O)n(-c3ccc(C)cc3)[nH][n+]2CCC#N)cc1. The number of H-pyrrole nitrogens is 1. The van der Waals surface area contributed by atoms with E-state index in [9.17, 15) is 9.59 Å². The lowest BCUT2D eigenvalue weighted by molar-refractivity contribution is -0.755. The van der Waals surface area contributed by atoms with Gasteiger partial charge in [0.15, 0.2) is 5.69 Å². The number of anilines is 1. The number of benzene rings is 2. The van der Waals surface area contributed by atoms with Crippen molar-refractivity contribution in [2.45, 2.75) is 26.8 Å². The lowest BCUT2D eigenvalue weighted by Gasteiger charge is -2.03. The Morgan fingerprint density at radius 3 is 2.30 bits per heavy atom. The molecule has 27 heavy (non-hydrogen) atoms. The van der Waals surface area contributed by atoms with Crippen molar-refractivity contribution in [3.8, 4) is 11.8 Å². The Kier molecular flexibility index (Phi) is 5.18. The second-order valence-corrected chi connectivity index (χ2v) is 6.30. The number of aromatic amines is 1. The Labute approximate surface area is 156 Å². The Bertz CT molecular complexity index is 1050. The topological polar surface area (TPSA) is 94.6 Å². The molecule has 1 amide bonds. The van der Waals surface area contributed by atoms with Gasteiger partial charge in [-0.15, -0.1) is 4.68 Å². The molecule has 0 saturated heterocycles. The van der Waals surface area contributed by atoms with Crippen LogP contribution < -0.4 is 15.6 Å². The van der Waals surface area contributed by atoms with Gasteiger partial charge in [-0.2, -0.15) is 5.26 Å². The van der Waals surface area contributed by atoms with E-state index in [1.807, 2.05) is 44.2 Å². The molecule has 2 N–H and O–H groups in total. The van der Waals surface area contributed by atoms with Crippen molar-refractivity contribution in [1.82, 2.24) is 9.90 Å². The molecule has 0 aliphatic heterocycles. The van der Waals surface area contributed by atoms with Crippen molar-refractivity contribution in [1.29, 1.82) is 5.26 Å². The molecular formula is C20H20N5O2+. The number of aryl methyl sites for hydroxylation is 3. The molecule has 0 atom stereocenters. The van der Waals surface area contributed by atoms with Crippen LogP contribution in [0, 0.1) is 25.2 Å². The summed E-state index contributed by atoms with van der Waals surface area (Å²) < 4.78 is 2.72. The van der Waals surface area contributed by atoms with E-state index in [1.165, 1.54) is 9.36 Å². The van der Waals surface area contributed by atoms with E-state index in [1.54, 1.807) is 24.3 Å². The second kappa shape index (κ2) is 7.70. The van der Waals surface area contributed by atoms with Crippen LogP contribution in [-0.4, -0.2) is 15.8 Å². The maximum Gasteiger partial charge on any atom is 0.411 e. The Hall–Kier alpha value is -3.66. The largest absolute Gasteiger partial charge is 0.411 e. The number of carbonyl (C=O) groups excluding carboxylic acids is 1. The molecule has 0 aliphatic carbocycles. The zero-order valence-corrected chi connectivity index (χ0v) is 15.2. The summed E-state index contributed by atoms with van der Waals surface area (Å²) >= 11 is 0. The van der Waals surface area contributed by atoms with E-state index in [-0.39, 0.29) is 18.7 Å². The molecule has 0 unspecified atom stereocenters. The predicted octanol–water partition coefficient (Wildman–Crippen LogP) is 2.24. The van der Waals surface area contributed by atoms with E-state index in [2.05, 4.69) is 10.5 Å². The summed E-state index contributed by atoms with van der Waals surface area (Å²) in [5.41, 5.74) is 2.83. The van der Waals surface area contributed by atoms with Gasteiger partial charge < -0.3 is 5.32 Å². The van der Waals surface area contributed by atoms with Gasteiger partial charge >= 0.3 is 17.2 Å². The van der Waals surface area contributed by atoms with Gasteiger partial charge in [-0.3, -0.25) is 4.79 Å². The van der Waals surface area contributed by atoms with Crippen LogP contribution in [0.25, 0.3) is 5.69 Å². The first-order valence-corrected chi connectivity index (χ1v) is 8.56. The van der Waals surface area contributed by atoms with Gasteiger partial charge in [0.2, 0.25) is 0 Å². The Balaban J connectivity index is 2.00. The van der Waals surface area contributed by atoms with E-state index in [4.69, 9.17) is 5.26 Å². The van der Waals surface area contributed by atoms with E-state index >= 15 is 0 Å². The second-order valence-electron chi connectivity index (χ2n) is 6.30. The normalized spacial score (nSPS) is 10.4. The maximum absolute atomic E-state index is 12.9. The van der Waals surface area contributed by atoms with Crippen LogP contribution in [0.4, 0.5) is 5.69 Å². The third-order valence-corrected chi connectivity index (χ3v) is 4.16. The molecule has 7 nitrogen and oxygen atoms in total. The molecule has 0 saturated carbocycles. The van der Waals surface area contributed by atoms with E-state index < -0.39 is 11.5 Å². The van der Waals surface area contributed by atoms with Crippen LogP contribution >= 0.6 is 0 Å². The summed E-state index contributed by atoms with van der Waals surface area (Å²) in [6.07, 6.45) is 0.170. The first-order chi connectivity index (χ1) is 13.0. The Morgan fingerprint density at radius 2 is 1.70 bits per heavy atom. The molecule has 0 radical (unpaired) electrons. The third kappa shape index (κ3) is 3.96. The van der Waals surface area contributed by atoms with E-state index in [0.717, 1.165) is 11.1 Å². The lowest BCUT2D eigenvalue weighted by atomic mass is 10.2. The third-order valence-electron chi connectivity index (χ3n) is 4.16. The number of rotatable bonds is 5. The molecule has 7 heteroatoms. The van der Waals surface area contributed by atoms with Crippen molar-refractivity contribution in [3.63, 3.8) is 0 Å². The zero-order valence-electron chi connectivity index (χ0n) is 15.2. The molecular weight excluding hydrogens is 342 g/mol. The highest BCUT2D eigenvalue weighted by molar-refractivity contribution is 6.01. The van der Waals surface area contributed by atoms with Gasteiger partial charge in [0, 0.05) is 5.69 Å². The van der Waals surface area contributed by atoms with E-state index in [0.29, 0.717) is 11.4 Å². The summed E-state index contributed by atoms with van der Waals surface area (Å²) in [5.74, 6) is -0.524. The first-order valence-electron chi connectivity index (χ1n) is 8.56. The Morgan fingerprint density at radius 1 is 1.11 bits per heavy atom. The number of nitrogens with zero attached hydrogens (tertiary/aromatic N) is 3. The van der Waals surface area contributed by atoms with Crippen LogP contribution in [0.5, 0.6) is 0 Å². The minimum absolute atomic E-state index is 0.0496. The van der Waals surface area contributed by atoms with Crippen LogP contribution in [0.2, 0.25) is 0 Å². The van der Waals surface area contributed by atoms with Gasteiger partial charge in [-0.1, -0.05) is 45.3 Å². The summed E-state index contributed by atoms with van der Waals surface area (Å²) in [7, 11) is 0. The number of hydrogen-bond donors (Lipinski definition) is 2. The van der Waals surface area contributed by atoms with Crippen LogP contribution in [0.3, 0.4) is 0 Å². The molecule has 0 bridgehead atoms. The van der Waals surface area contributed by atoms with Crippen LogP contribution in [0.15, 0.2) is 53.3 Å².